The third kappa shape index (κ3) is 1.48. The van der Waals surface area contributed by atoms with Crippen molar-refractivity contribution in [2.45, 2.75) is 13.3 Å². The number of allylic oxidation sites excluding steroid dienone is 1. The Bertz CT molecular complexity index is 228. The average molecular weight is 152 g/mol. The number of piperidine rings is 1. The maximum atomic E-state index is 11.1. The Balaban J connectivity index is 2.90. The molecule has 1 aliphatic heterocycles. The number of hydrogen-bond donors (Lipinski definition) is 1. The van der Waals surface area contributed by atoms with E-state index in [0.717, 1.165) is 17.7 Å². The van der Waals surface area contributed by atoms with Crippen molar-refractivity contribution in [3.8, 4) is 0 Å². The fourth-order valence-electron chi connectivity index (χ4n) is 1.19. The van der Waals surface area contributed by atoms with E-state index in [2.05, 4.69) is 10.3 Å². The largest absolute Gasteiger partial charge is 0.352 e. The summed E-state index contributed by atoms with van der Waals surface area (Å²) in [5.41, 5.74) is 1.63. The zero-order chi connectivity index (χ0) is 8.27. The highest BCUT2D eigenvalue weighted by atomic mass is 16.1. The molecule has 0 unspecified atom stereocenters. The number of carbonyl (C=O) groups excluding carboxylic acids is 1. The molecular formula is C8H12N2O. The summed E-state index contributed by atoms with van der Waals surface area (Å²) in [5, 5.41) is 2.76. The maximum Gasteiger partial charge on any atom is 0.252 e. The summed E-state index contributed by atoms with van der Waals surface area (Å²) < 4.78 is 0. The van der Waals surface area contributed by atoms with E-state index in [1.807, 2.05) is 6.92 Å². The van der Waals surface area contributed by atoms with Crippen molar-refractivity contribution in [1.82, 2.24) is 5.32 Å². The molecule has 1 aliphatic rings. The molecule has 0 aromatic rings. The van der Waals surface area contributed by atoms with Crippen molar-refractivity contribution in [2.24, 2.45) is 4.99 Å². The van der Waals surface area contributed by atoms with Gasteiger partial charge in [-0.25, -0.2) is 0 Å². The summed E-state index contributed by atoms with van der Waals surface area (Å²) in [7, 11) is 1.72. The van der Waals surface area contributed by atoms with E-state index in [0.29, 0.717) is 6.54 Å². The topological polar surface area (TPSA) is 41.5 Å². The number of hydrogen-bond acceptors (Lipinski definition) is 2. The van der Waals surface area contributed by atoms with Gasteiger partial charge in [-0.1, -0.05) is 6.08 Å². The van der Waals surface area contributed by atoms with Crippen molar-refractivity contribution in [1.29, 1.82) is 0 Å². The Hall–Kier alpha value is -1.12. The molecule has 0 radical (unpaired) electrons. The highest BCUT2D eigenvalue weighted by molar-refractivity contribution is 6.23. The lowest BCUT2D eigenvalue weighted by molar-refractivity contribution is -0.117. The molecule has 1 amide bonds. The van der Waals surface area contributed by atoms with E-state index in [1.165, 1.54) is 0 Å². The summed E-state index contributed by atoms with van der Waals surface area (Å²) in [6.45, 7) is 2.56. The van der Waals surface area contributed by atoms with E-state index < -0.39 is 0 Å². The summed E-state index contributed by atoms with van der Waals surface area (Å²) in [5.74, 6) is -0.000602. The first-order valence-corrected chi connectivity index (χ1v) is 3.70. The van der Waals surface area contributed by atoms with Gasteiger partial charge in [0.1, 0.15) is 0 Å². The number of carbonyl (C=O) groups is 1. The van der Waals surface area contributed by atoms with Gasteiger partial charge in [-0.15, -0.1) is 0 Å². The smallest absolute Gasteiger partial charge is 0.252 e. The molecule has 1 N–H and O–H groups in total. The van der Waals surface area contributed by atoms with Crippen LogP contribution in [-0.2, 0) is 4.79 Å². The Morgan fingerprint density at radius 3 is 2.82 bits per heavy atom. The van der Waals surface area contributed by atoms with Crippen LogP contribution in [0.2, 0.25) is 0 Å². The molecule has 60 valence electrons. The van der Waals surface area contributed by atoms with Gasteiger partial charge in [-0.2, -0.15) is 0 Å². The molecule has 0 saturated carbocycles. The first-order valence-electron chi connectivity index (χ1n) is 3.70. The van der Waals surface area contributed by atoms with Crippen molar-refractivity contribution >= 4 is 11.6 Å². The van der Waals surface area contributed by atoms with Crippen LogP contribution in [0.25, 0.3) is 0 Å². The fourth-order valence-corrected chi connectivity index (χ4v) is 1.19. The van der Waals surface area contributed by atoms with Crippen LogP contribution in [0.4, 0.5) is 0 Å². The molecule has 11 heavy (non-hydrogen) atoms. The van der Waals surface area contributed by atoms with Gasteiger partial charge < -0.3 is 5.32 Å². The van der Waals surface area contributed by atoms with Crippen molar-refractivity contribution in [3.63, 3.8) is 0 Å². The van der Waals surface area contributed by atoms with Crippen LogP contribution in [0.15, 0.2) is 16.6 Å². The van der Waals surface area contributed by atoms with Gasteiger partial charge in [0.15, 0.2) is 0 Å². The third-order valence-electron chi connectivity index (χ3n) is 1.76. The molecule has 0 aromatic carbocycles. The van der Waals surface area contributed by atoms with E-state index in [-0.39, 0.29) is 5.91 Å². The molecule has 1 rings (SSSR count). The standard InChI is InChI=1S/C8H12N2O/c1-3-6-7(9-2)4-5-10-8(6)11/h3H,4-5H2,1-2H3,(H,10,11)/b6-3+,9-7-. The number of rotatable bonds is 0. The Morgan fingerprint density at radius 2 is 2.36 bits per heavy atom. The SMILES string of the molecule is C/C=C1/C(=O)NCC/C1=N/C. The van der Waals surface area contributed by atoms with Crippen LogP contribution in [-0.4, -0.2) is 25.2 Å². The normalized spacial score (nSPS) is 25.8. The zero-order valence-electron chi connectivity index (χ0n) is 6.85. The van der Waals surface area contributed by atoms with Crippen LogP contribution in [0.3, 0.4) is 0 Å². The predicted octanol–water partition coefficient (Wildman–Crippen LogP) is 0.523. The second-order valence-corrected chi connectivity index (χ2v) is 2.38. The molecule has 1 saturated heterocycles. The summed E-state index contributed by atoms with van der Waals surface area (Å²) in [4.78, 5) is 15.2. The van der Waals surface area contributed by atoms with Crippen LogP contribution < -0.4 is 5.32 Å². The zero-order valence-corrected chi connectivity index (χ0v) is 6.85. The van der Waals surface area contributed by atoms with Gasteiger partial charge in [-0.05, 0) is 6.92 Å². The van der Waals surface area contributed by atoms with E-state index in [4.69, 9.17) is 0 Å². The minimum Gasteiger partial charge on any atom is -0.352 e. The third-order valence-corrected chi connectivity index (χ3v) is 1.76. The quantitative estimate of drug-likeness (QED) is 0.505. The van der Waals surface area contributed by atoms with Gasteiger partial charge in [0.2, 0.25) is 0 Å². The molecule has 0 aromatic heterocycles. The Kier molecular flexibility index (Phi) is 2.41. The minimum absolute atomic E-state index is 0.000602. The first-order chi connectivity index (χ1) is 5.29. The molecule has 1 heterocycles. The van der Waals surface area contributed by atoms with Crippen LogP contribution >= 0.6 is 0 Å². The monoisotopic (exact) mass is 152 g/mol. The van der Waals surface area contributed by atoms with Crippen molar-refractivity contribution in [3.05, 3.63) is 11.6 Å². The molecule has 0 aliphatic carbocycles. The highest BCUT2D eigenvalue weighted by Gasteiger charge is 2.18. The first kappa shape index (κ1) is 7.98. The van der Waals surface area contributed by atoms with Gasteiger partial charge in [0.05, 0.1) is 5.57 Å². The summed E-state index contributed by atoms with van der Waals surface area (Å²) >= 11 is 0. The van der Waals surface area contributed by atoms with Crippen molar-refractivity contribution in [2.75, 3.05) is 13.6 Å². The fraction of sp³-hybridized carbons (Fsp3) is 0.500. The second kappa shape index (κ2) is 3.32. The van der Waals surface area contributed by atoms with Gasteiger partial charge >= 0.3 is 0 Å². The molecule has 1 fully saturated rings. The van der Waals surface area contributed by atoms with Crippen molar-refractivity contribution < 1.29 is 4.79 Å². The lowest BCUT2D eigenvalue weighted by Gasteiger charge is -2.16. The van der Waals surface area contributed by atoms with Crippen LogP contribution in [0, 0.1) is 0 Å². The predicted molar refractivity (Wildman–Crippen MR) is 44.7 cm³/mol. The summed E-state index contributed by atoms with van der Waals surface area (Å²) in [6, 6.07) is 0. The molecule has 0 spiro atoms. The lowest BCUT2D eigenvalue weighted by atomic mass is 10.0. The Morgan fingerprint density at radius 1 is 1.64 bits per heavy atom. The molecule has 3 nitrogen and oxygen atoms in total. The molecule has 0 atom stereocenters. The molecule has 0 bridgehead atoms. The van der Waals surface area contributed by atoms with Gasteiger partial charge in [0, 0.05) is 25.7 Å². The lowest BCUT2D eigenvalue weighted by Crippen LogP contribution is -2.36. The van der Waals surface area contributed by atoms with Crippen LogP contribution in [0.1, 0.15) is 13.3 Å². The van der Waals surface area contributed by atoms with E-state index >= 15 is 0 Å². The average Bonchev–Trinajstić information content (AvgIpc) is 2.04. The Labute approximate surface area is 66.2 Å². The second-order valence-electron chi connectivity index (χ2n) is 2.38. The maximum absolute atomic E-state index is 11.1. The number of nitrogens with zero attached hydrogens (tertiary/aromatic N) is 1. The number of aliphatic imine (C=N–C) groups is 1. The number of nitrogens with one attached hydrogen (secondary N) is 1. The molecular weight excluding hydrogens is 140 g/mol. The van der Waals surface area contributed by atoms with Gasteiger partial charge in [0.25, 0.3) is 5.91 Å². The highest BCUT2D eigenvalue weighted by Crippen LogP contribution is 2.06. The number of amides is 1. The molecule has 3 heteroatoms. The van der Waals surface area contributed by atoms with Gasteiger partial charge in [-0.3, -0.25) is 9.79 Å². The minimum atomic E-state index is -0.000602. The summed E-state index contributed by atoms with van der Waals surface area (Å²) in [6.07, 6.45) is 2.65. The van der Waals surface area contributed by atoms with E-state index in [1.54, 1.807) is 13.1 Å². The van der Waals surface area contributed by atoms with E-state index in [9.17, 15) is 4.79 Å². The van der Waals surface area contributed by atoms with Crippen LogP contribution in [0.5, 0.6) is 0 Å².